The predicted molar refractivity (Wildman–Crippen MR) is 74.2 cm³/mol. The molecule has 0 saturated heterocycles. The lowest BCUT2D eigenvalue weighted by molar-refractivity contribution is -0.129. The summed E-state index contributed by atoms with van der Waals surface area (Å²) in [6.07, 6.45) is 0. The van der Waals surface area contributed by atoms with Crippen LogP contribution in [0.25, 0.3) is 0 Å². The number of ether oxygens (including phenoxy) is 1. The number of nitrogens with one attached hydrogen (secondary N) is 1. The maximum atomic E-state index is 11.7. The molecule has 1 atom stereocenters. The minimum absolute atomic E-state index is 0.0211. The number of thiophene rings is 1. The van der Waals surface area contributed by atoms with E-state index in [-0.39, 0.29) is 28.9 Å². The molecule has 0 radical (unpaired) electrons. The monoisotopic (exact) mass is 299 g/mol. The topological polar surface area (TPSA) is 92.7 Å². The van der Waals surface area contributed by atoms with Crippen LogP contribution in [0, 0.1) is 5.92 Å². The smallest absolute Gasteiger partial charge is 0.349 e. The molecule has 1 heterocycles. The molecule has 110 valence electrons. The van der Waals surface area contributed by atoms with Crippen molar-refractivity contribution < 1.29 is 24.2 Å². The number of Topliss-reactive ketones (excluding diaryl/α,β-unsaturated/α-hetero) is 1. The van der Waals surface area contributed by atoms with Crippen LogP contribution in [0.15, 0.2) is 11.4 Å². The van der Waals surface area contributed by atoms with Crippen molar-refractivity contribution in [3.8, 4) is 5.75 Å². The number of hydrogen-bond donors (Lipinski definition) is 2. The highest BCUT2D eigenvalue weighted by Crippen LogP contribution is 2.24. The Morgan fingerprint density at radius 2 is 2.05 bits per heavy atom. The average molecular weight is 299 g/mol. The van der Waals surface area contributed by atoms with E-state index in [0.29, 0.717) is 0 Å². The molecule has 2 N–H and O–H groups in total. The molecule has 0 bridgehead atoms. The number of carboxylic acids is 1. The van der Waals surface area contributed by atoms with Crippen LogP contribution in [-0.2, 0) is 9.59 Å². The Kier molecular flexibility index (Phi) is 5.69. The maximum absolute atomic E-state index is 11.7. The number of hydrogen-bond acceptors (Lipinski definition) is 5. The normalized spacial score (nSPS) is 12.0. The van der Waals surface area contributed by atoms with Gasteiger partial charge in [-0.15, -0.1) is 11.3 Å². The average Bonchev–Trinajstić information content (AvgIpc) is 2.81. The fourth-order valence-electron chi connectivity index (χ4n) is 1.66. The summed E-state index contributed by atoms with van der Waals surface area (Å²) in [5.41, 5.74) is 0. The highest BCUT2D eigenvalue weighted by Gasteiger charge is 2.21. The summed E-state index contributed by atoms with van der Waals surface area (Å²) in [4.78, 5) is 34.0. The molecule has 0 aliphatic carbocycles. The fraction of sp³-hybridized carbons (Fsp3) is 0.462. The highest BCUT2D eigenvalue weighted by molar-refractivity contribution is 7.12. The van der Waals surface area contributed by atoms with Crippen molar-refractivity contribution in [2.24, 2.45) is 5.92 Å². The Labute approximate surface area is 120 Å². The van der Waals surface area contributed by atoms with Crippen LogP contribution in [0.4, 0.5) is 0 Å². The lowest BCUT2D eigenvalue weighted by atomic mass is 10.0. The molecule has 1 rings (SSSR count). The lowest BCUT2D eigenvalue weighted by Crippen LogP contribution is -2.45. The Balaban J connectivity index is 2.57. The Hall–Kier alpha value is -1.89. The number of carboxylic acid groups (broad SMARTS) is 1. The van der Waals surface area contributed by atoms with E-state index in [1.165, 1.54) is 13.0 Å². The lowest BCUT2D eigenvalue weighted by Gasteiger charge is -2.19. The zero-order valence-corrected chi connectivity index (χ0v) is 12.3. The molecule has 0 aliphatic rings. The van der Waals surface area contributed by atoms with Crippen molar-refractivity contribution in [3.05, 3.63) is 16.3 Å². The molecular weight excluding hydrogens is 282 g/mol. The number of ketones is 1. The molecule has 0 spiro atoms. The zero-order valence-electron chi connectivity index (χ0n) is 11.5. The first-order chi connectivity index (χ1) is 9.32. The summed E-state index contributed by atoms with van der Waals surface area (Å²) < 4.78 is 5.17. The van der Waals surface area contributed by atoms with Crippen LogP contribution in [0.3, 0.4) is 0 Å². The summed E-state index contributed by atoms with van der Waals surface area (Å²) in [6, 6.07) is 0.930. The summed E-state index contributed by atoms with van der Waals surface area (Å²) in [6.45, 7) is 4.74. The van der Waals surface area contributed by atoms with Gasteiger partial charge in [-0.2, -0.15) is 0 Å². The Morgan fingerprint density at radius 1 is 1.40 bits per heavy atom. The van der Waals surface area contributed by atoms with Gasteiger partial charge >= 0.3 is 5.97 Å². The number of carbonyl (C=O) groups excluding carboxylic acids is 2. The van der Waals surface area contributed by atoms with Gasteiger partial charge in [0.15, 0.2) is 17.3 Å². The van der Waals surface area contributed by atoms with Crippen molar-refractivity contribution in [1.82, 2.24) is 5.32 Å². The van der Waals surface area contributed by atoms with E-state index in [4.69, 9.17) is 9.84 Å². The third-order valence-corrected chi connectivity index (χ3v) is 3.49. The van der Waals surface area contributed by atoms with Crippen LogP contribution in [-0.4, -0.2) is 35.4 Å². The number of aromatic carboxylic acids is 1. The summed E-state index contributed by atoms with van der Waals surface area (Å²) in [7, 11) is 0. The maximum Gasteiger partial charge on any atom is 0.349 e. The second kappa shape index (κ2) is 7.04. The summed E-state index contributed by atoms with van der Waals surface area (Å²) in [5.74, 6) is -1.55. The first kappa shape index (κ1) is 16.2. The second-order valence-electron chi connectivity index (χ2n) is 4.61. The molecule has 20 heavy (non-hydrogen) atoms. The quantitative estimate of drug-likeness (QED) is 0.797. The predicted octanol–water partition coefficient (Wildman–Crippen LogP) is 1.55. The molecule has 0 aromatic carbocycles. The third kappa shape index (κ3) is 4.34. The zero-order chi connectivity index (χ0) is 15.3. The summed E-state index contributed by atoms with van der Waals surface area (Å²) in [5, 5.41) is 13.0. The molecule has 1 aromatic rings. The van der Waals surface area contributed by atoms with Gasteiger partial charge in [0.25, 0.3) is 5.91 Å². The molecule has 1 amide bonds. The van der Waals surface area contributed by atoms with E-state index in [1.807, 2.05) is 13.8 Å². The molecule has 7 heteroatoms. The van der Waals surface area contributed by atoms with Gasteiger partial charge in [0.05, 0.1) is 6.04 Å². The SMILES string of the molecule is CC(=O)C(NC(=O)COc1ccsc1C(=O)O)C(C)C. The fourth-order valence-corrected chi connectivity index (χ4v) is 2.33. The van der Waals surface area contributed by atoms with Gasteiger partial charge in [-0.1, -0.05) is 13.8 Å². The Morgan fingerprint density at radius 3 is 2.55 bits per heavy atom. The molecule has 0 fully saturated rings. The van der Waals surface area contributed by atoms with Gasteiger partial charge in [0.2, 0.25) is 0 Å². The first-order valence-electron chi connectivity index (χ1n) is 6.06. The third-order valence-electron chi connectivity index (χ3n) is 2.60. The minimum atomic E-state index is -1.10. The number of amides is 1. The van der Waals surface area contributed by atoms with Crippen molar-refractivity contribution >= 4 is 29.0 Å². The van der Waals surface area contributed by atoms with Gasteiger partial charge in [0.1, 0.15) is 5.75 Å². The van der Waals surface area contributed by atoms with E-state index in [0.717, 1.165) is 11.3 Å². The van der Waals surface area contributed by atoms with Gasteiger partial charge in [-0.25, -0.2) is 4.79 Å². The van der Waals surface area contributed by atoms with E-state index < -0.39 is 17.9 Å². The van der Waals surface area contributed by atoms with Crippen LogP contribution in [0.5, 0.6) is 5.75 Å². The Bertz CT molecular complexity index is 509. The minimum Gasteiger partial charge on any atom is -0.482 e. The largest absolute Gasteiger partial charge is 0.482 e. The first-order valence-corrected chi connectivity index (χ1v) is 6.94. The molecule has 0 aliphatic heterocycles. The van der Waals surface area contributed by atoms with E-state index >= 15 is 0 Å². The van der Waals surface area contributed by atoms with Crippen LogP contribution in [0.2, 0.25) is 0 Å². The van der Waals surface area contributed by atoms with E-state index in [2.05, 4.69) is 5.32 Å². The van der Waals surface area contributed by atoms with Crippen molar-refractivity contribution in [1.29, 1.82) is 0 Å². The van der Waals surface area contributed by atoms with Gasteiger partial charge in [0, 0.05) is 0 Å². The molecule has 0 saturated carbocycles. The van der Waals surface area contributed by atoms with Crippen molar-refractivity contribution in [2.75, 3.05) is 6.61 Å². The van der Waals surface area contributed by atoms with Crippen LogP contribution < -0.4 is 10.1 Å². The highest BCUT2D eigenvalue weighted by atomic mass is 32.1. The van der Waals surface area contributed by atoms with Crippen LogP contribution >= 0.6 is 11.3 Å². The van der Waals surface area contributed by atoms with Gasteiger partial charge < -0.3 is 15.2 Å². The summed E-state index contributed by atoms with van der Waals surface area (Å²) >= 11 is 1.02. The van der Waals surface area contributed by atoms with Crippen molar-refractivity contribution in [3.63, 3.8) is 0 Å². The number of rotatable bonds is 7. The van der Waals surface area contributed by atoms with Crippen molar-refractivity contribution in [2.45, 2.75) is 26.8 Å². The van der Waals surface area contributed by atoms with Gasteiger partial charge in [-0.05, 0) is 24.3 Å². The standard InChI is InChI=1S/C13H17NO5S/c1-7(2)11(8(3)15)14-10(16)6-19-9-4-5-20-12(9)13(17)18/h4-5,7,11H,6H2,1-3H3,(H,14,16)(H,17,18). The molecular formula is C13H17NO5S. The van der Waals surface area contributed by atoms with Crippen LogP contribution in [0.1, 0.15) is 30.4 Å². The van der Waals surface area contributed by atoms with E-state index in [1.54, 1.807) is 5.38 Å². The second-order valence-corrected chi connectivity index (χ2v) is 5.52. The number of carbonyl (C=O) groups is 3. The molecule has 1 aromatic heterocycles. The van der Waals surface area contributed by atoms with Gasteiger partial charge in [-0.3, -0.25) is 9.59 Å². The molecule has 1 unspecified atom stereocenters. The molecule has 6 nitrogen and oxygen atoms in total. The van der Waals surface area contributed by atoms with E-state index in [9.17, 15) is 14.4 Å².